The molecular formula is C14H21N3O. The van der Waals surface area contributed by atoms with Gasteiger partial charge in [-0.2, -0.15) is 0 Å². The lowest BCUT2D eigenvalue weighted by molar-refractivity contribution is 0.181. The number of rotatable bonds is 6. The van der Waals surface area contributed by atoms with Gasteiger partial charge in [0, 0.05) is 26.1 Å². The molecule has 0 aliphatic heterocycles. The first-order valence-corrected chi connectivity index (χ1v) is 6.86. The van der Waals surface area contributed by atoms with Crippen LogP contribution in [0.25, 0.3) is 0 Å². The molecule has 0 aromatic carbocycles. The predicted octanol–water partition coefficient (Wildman–Crippen LogP) is 2.57. The van der Waals surface area contributed by atoms with Crippen molar-refractivity contribution in [2.24, 2.45) is 11.8 Å². The van der Waals surface area contributed by atoms with Crippen LogP contribution in [0.3, 0.4) is 0 Å². The normalized spacial score (nSPS) is 19.3. The minimum absolute atomic E-state index is 0.562. The first-order valence-electron chi connectivity index (χ1n) is 6.86. The number of ether oxygens (including phenoxy) is 1. The van der Waals surface area contributed by atoms with Crippen molar-refractivity contribution >= 4 is 5.82 Å². The maximum absolute atomic E-state index is 5.20. The Morgan fingerprint density at radius 3 is 2.44 bits per heavy atom. The number of aromatic nitrogens is 2. The number of nitrogens with one attached hydrogen (secondary N) is 1. The topological polar surface area (TPSA) is 47.0 Å². The molecule has 0 saturated heterocycles. The quantitative estimate of drug-likeness (QED) is 0.839. The lowest BCUT2D eigenvalue weighted by Gasteiger charge is -2.16. The molecule has 1 N–H and O–H groups in total. The molecule has 0 amide bonds. The number of methoxy groups -OCH3 is 1. The molecule has 2 fully saturated rings. The van der Waals surface area contributed by atoms with E-state index in [0.29, 0.717) is 12.5 Å². The molecule has 3 rings (SSSR count). The van der Waals surface area contributed by atoms with E-state index in [9.17, 15) is 0 Å². The van der Waals surface area contributed by atoms with E-state index in [1.165, 1.54) is 25.7 Å². The average molecular weight is 247 g/mol. The van der Waals surface area contributed by atoms with Gasteiger partial charge in [-0.3, -0.25) is 0 Å². The molecule has 1 aromatic heterocycles. The summed E-state index contributed by atoms with van der Waals surface area (Å²) in [5.74, 6) is 4.21. The van der Waals surface area contributed by atoms with Gasteiger partial charge in [-0.15, -0.1) is 0 Å². The number of anilines is 1. The standard InChI is InChI=1S/C14H21N3O/c1-15-12-7-11(8-18-2)16-14(17-12)13(9-3-4-9)10-5-6-10/h7,9-10,13H,3-6,8H2,1-2H3,(H,15,16,17). The van der Waals surface area contributed by atoms with Gasteiger partial charge in [-0.05, 0) is 37.5 Å². The molecule has 4 nitrogen and oxygen atoms in total. The van der Waals surface area contributed by atoms with E-state index >= 15 is 0 Å². The minimum atomic E-state index is 0.562. The van der Waals surface area contributed by atoms with Crippen LogP contribution in [-0.4, -0.2) is 24.1 Å². The van der Waals surface area contributed by atoms with Crippen LogP contribution in [0.5, 0.6) is 0 Å². The SMILES string of the molecule is CNc1cc(COC)nc(C(C2CC2)C2CC2)n1. The summed E-state index contributed by atoms with van der Waals surface area (Å²) in [5, 5.41) is 3.13. The van der Waals surface area contributed by atoms with Crippen LogP contribution in [0, 0.1) is 11.8 Å². The van der Waals surface area contributed by atoms with Gasteiger partial charge in [0.2, 0.25) is 0 Å². The second-order valence-electron chi connectivity index (χ2n) is 5.49. The summed E-state index contributed by atoms with van der Waals surface area (Å²) in [5.41, 5.74) is 0.984. The highest BCUT2D eigenvalue weighted by Gasteiger charge is 2.44. The van der Waals surface area contributed by atoms with Crippen LogP contribution in [0.4, 0.5) is 5.82 Å². The zero-order valence-electron chi connectivity index (χ0n) is 11.1. The van der Waals surface area contributed by atoms with Gasteiger partial charge in [0.05, 0.1) is 12.3 Å². The Morgan fingerprint density at radius 1 is 1.28 bits per heavy atom. The van der Waals surface area contributed by atoms with E-state index in [4.69, 9.17) is 9.72 Å². The van der Waals surface area contributed by atoms with Crippen molar-refractivity contribution in [2.75, 3.05) is 19.5 Å². The smallest absolute Gasteiger partial charge is 0.134 e. The molecule has 1 aromatic rings. The predicted molar refractivity (Wildman–Crippen MR) is 70.5 cm³/mol. The van der Waals surface area contributed by atoms with E-state index in [-0.39, 0.29) is 0 Å². The Morgan fingerprint density at radius 2 is 1.94 bits per heavy atom. The maximum atomic E-state index is 5.20. The van der Waals surface area contributed by atoms with E-state index in [1.807, 2.05) is 13.1 Å². The van der Waals surface area contributed by atoms with E-state index in [0.717, 1.165) is 29.2 Å². The monoisotopic (exact) mass is 247 g/mol. The Hall–Kier alpha value is -1.16. The fraction of sp³-hybridized carbons (Fsp3) is 0.714. The molecular weight excluding hydrogens is 226 g/mol. The highest BCUT2D eigenvalue weighted by molar-refractivity contribution is 5.36. The lowest BCUT2D eigenvalue weighted by atomic mass is 9.97. The Bertz CT molecular complexity index is 415. The summed E-state index contributed by atoms with van der Waals surface area (Å²) in [6.07, 6.45) is 5.42. The van der Waals surface area contributed by atoms with Gasteiger partial charge in [0.25, 0.3) is 0 Å². The van der Waals surface area contributed by atoms with Gasteiger partial charge in [-0.25, -0.2) is 9.97 Å². The largest absolute Gasteiger partial charge is 0.378 e. The van der Waals surface area contributed by atoms with Crippen molar-refractivity contribution in [1.29, 1.82) is 0 Å². The fourth-order valence-corrected chi connectivity index (χ4v) is 2.73. The zero-order valence-corrected chi connectivity index (χ0v) is 11.1. The molecule has 18 heavy (non-hydrogen) atoms. The highest BCUT2D eigenvalue weighted by Crippen LogP contribution is 2.53. The Kier molecular flexibility index (Phi) is 3.20. The molecule has 0 spiro atoms. The summed E-state index contributed by atoms with van der Waals surface area (Å²) >= 11 is 0. The van der Waals surface area contributed by atoms with Crippen molar-refractivity contribution in [3.05, 3.63) is 17.6 Å². The van der Waals surface area contributed by atoms with Crippen molar-refractivity contribution in [2.45, 2.75) is 38.2 Å². The van der Waals surface area contributed by atoms with Crippen LogP contribution >= 0.6 is 0 Å². The van der Waals surface area contributed by atoms with Gasteiger partial charge < -0.3 is 10.1 Å². The second-order valence-corrected chi connectivity index (χ2v) is 5.49. The number of hydrogen-bond acceptors (Lipinski definition) is 4. The van der Waals surface area contributed by atoms with Gasteiger partial charge in [0.15, 0.2) is 0 Å². The Labute approximate surface area is 108 Å². The second kappa shape index (κ2) is 4.84. The first-order chi connectivity index (χ1) is 8.81. The fourth-order valence-electron chi connectivity index (χ4n) is 2.73. The molecule has 98 valence electrons. The summed E-state index contributed by atoms with van der Waals surface area (Å²) in [4.78, 5) is 9.40. The van der Waals surface area contributed by atoms with Crippen molar-refractivity contribution in [3.63, 3.8) is 0 Å². The van der Waals surface area contributed by atoms with Gasteiger partial charge >= 0.3 is 0 Å². The van der Waals surface area contributed by atoms with Gasteiger partial charge in [-0.1, -0.05) is 0 Å². The lowest BCUT2D eigenvalue weighted by Crippen LogP contribution is -2.12. The molecule has 0 unspecified atom stereocenters. The third kappa shape index (κ3) is 2.48. The summed E-state index contributed by atoms with van der Waals surface area (Å²) in [6.45, 7) is 0.562. The molecule has 0 bridgehead atoms. The first kappa shape index (κ1) is 11.9. The molecule has 1 heterocycles. The van der Waals surface area contributed by atoms with Crippen molar-refractivity contribution in [3.8, 4) is 0 Å². The zero-order chi connectivity index (χ0) is 12.5. The summed E-state index contributed by atoms with van der Waals surface area (Å²) < 4.78 is 5.20. The highest BCUT2D eigenvalue weighted by atomic mass is 16.5. The van der Waals surface area contributed by atoms with Crippen molar-refractivity contribution < 1.29 is 4.74 Å². The molecule has 2 aliphatic rings. The average Bonchev–Trinajstić information content (AvgIpc) is 3.23. The van der Waals surface area contributed by atoms with Gasteiger partial charge in [0.1, 0.15) is 11.6 Å². The molecule has 0 atom stereocenters. The molecule has 0 radical (unpaired) electrons. The van der Waals surface area contributed by atoms with E-state index in [2.05, 4.69) is 10.3 Å². The minimum Gasteiger partial charge on any atom is -0.378 e. The van der Waals surface area contributed by atoms with Crippen LogP contribution in [0.1, 0.15) is 43.1 Å². The van der Waals surface area contributed by atoms with Crippen LogP contribution < -0.4 is 5.32 Å². The molecule has 4 heteroatoms. The summed E-state index contributed by atoms with van der Waals surface area (Å²) in [6, 6.07) is 1.98. The Balaban J connectivity index is 1.90. The maximum Gasteiger partial charge on any atom is 0.134 e. The van der Waals surface area contributed by atoms with Crippen molar-refractivity contribution in [1.82, 2.24) is 9.97 Å². The van der Waals surface area contributed by atoms with Crippen LogP contribution in [0.2, 0.25) is 0 Å². The molecule has 2 aliphatic carbocycles. The molecule has 2 saturated carbocycles. The van der Waals surface area contributed by atoms with Crippen LogP contribution in [0.15, 0.2) is 6.07 Å². The van der Waals surface area contributed by atoms with E-state index < -0.39 is 0 Å². The third-order valence-corrected chi connectivity index (χ3v) is 3.90. The van der Waals surface area contributed by atoms with E-state index in [1.54, 1.807) is 7.11 Å². The summed E-state index contributed by atoms with van der Waals surface area (Å²) in [7, 11) is 3.62. The van der Waals surface area contributed by atoms with Crippen LogP contribution in [-0.2, 0) is 11.3 Å². The number of hydrogen-bond donors (Lipinski definition) is 1. The number of nitrogens with zero attached hydrogens (tertiary/aromatic N) is 2. The third-order valence-electron chi connectivity index (χ3n) is 3.90.